The van der Waals surface area contributed by atoms with Gasteiger partial charge in [0, 0.05) is 17.6 Å². The summed E-state index contributed by atoms with van der Waals surface area (Å²) in [5, 5.41) is 8.70. The molecule has 1 atom stereocenters. The van der Waals surface area contributed by atoms with E-state index in [1.165, 1.54) is 16.7 Å². The molecule has 0 saturated heterocycles. The van der Waals surface area contributed by atoms with E-state index in [0.717, 1.165) is 11.6 Å². The minimum atomic E-state index is 0.339. The van der Waals surface area contributed by atoms with Crippen LogP contribution in [0.3, 0.4) is 0 Å². The van der Waals surface area contributed by atoms with Crippen LogP contribution in [0.25, 0.3) is 0 Å². The Morgan fingerprint density at radius 3 is 2.53 bits per heavy atom. The molecule has 1 aromatic heterocycles. The Kier molecular flexibility index (Phi) is 4.21. The lowest BCUT2D eigenvalue weighted by Crippen LogP contribution is -2.18. The molecule has 0 aliphatic rings. The van der Waals surface area contributed by atoms with Crippen molar-refractivity contribution in [3.05, 3.63) is 56.7 Å². The molecule has 0 spiro atoms. The molecule has 1 heterocycles. The number of benzene rings is 1. The van der Waals surface area contributed by atoms with Gasteiger partial charge in [-0.05, 0) is 53.4 Å². The number of hydrogen-bond acceptors (Lipinski definition) is 2. The monoisotopic (exact) mass is 265 g/mol. The van der Waals surface area contributed by atoms with Crippen molar-refractivity contribution < 1.29 is 0 Å². The SMILES string of the molecule is Cc1cscc1CNC(C)c1ccc(Cl)cc1. The molecule has 0 fully saturated rings. The maximum Gasteiger partial charge on any atom is 0.0406 e. The molecule has 90 valence electrons. The van der Waals surface area contributed by atoms with Crippen LogP contribution in [0.15, 0.2) is 35.0 Å². The zero-order valence-corrected chi connectivity index (χ0v) is 11.6. The molecular formula is C14H16ClNS. The van der Waals surface area contributed by atoms with Crippen LogP contribution in [0.1, 0.15) is 29.7 Å². The molecule has 1 N–H and O–H groups in total. The summed E-state index contributed by atoms with van der Waals surface area (Å²) in [6.07, 6.45) is 0. The van der Waals surface area contributed by atoms with E-state index in [1.807, 2.05) is 12.1 Å². The third kappa shape index (κ3) is 3.32. The zero-order chi connectivity index (χ0) is 12.3. The molecule has 2 rings (SSSR count). The first-order valence-electron chi connectivity index (χ1n) is 5.67. The van der Waals surface area contributed by atoms with E-state index in [-0.39, 0.29) is 0 Å². The van der Waals surface area contributed by atoms with Gasteiger partial charge in [-0.15, -0.1) is 0 Å². The topological polar surface area (TPSA) is 12.0 Å². The lowest BCUT2D eigenvalue weighted by molar-refractivity contribution is 0.574. The van der Waals surface area contributed by atoms with E-state index >= 15 is 0 Å². The van der Waals surface area contributed by atoms with Gasteiger partial charge in [0.25, 0.3) is 0 Å². The summed E-state index contributed by atoms with van der Waals surface area (Å²) in [4.78, 5) is 0. The number of halogens is 1. The van der Waals surface area contributed by atoms with Crippen molar-refractivity contribution >= 4 is 22.9 Å². The van der Waals surface area contributed by atoms with Crippen molar-refractivity contribution in [3.63, 3.8) is 0 Å². The highest BCUT2D eigenvalue weighted by Gasteiger charge is 2.06. The van der Waals surface area contributed by atoms with Gasteiger partial charge in [-0.1, -0.05) is 23.7 Å². The van der Waals surface area contributed by atoms with Gasteiger partial charge in [0.15, 0.2) is 0 Å². The maximum atomic E-state index is 5.88. The Labute approximate surface area is 111 Å². The molecule has 2 aromatic rings. The first-order chi connectivity index (χ1) is 8.16. The number of thiophene rings is 1. The van der Waals surface area contributed by atoms with Gasteiger partial charge >= 0.3 is 0 Å². The highest BCUT2D eigenvalue weighted by Crippen LogP contribution is 2.18. The summed E-state index contributed by atoms with van der Waals surface area (Å²) in [6, 6.07) is 8.35. The summed E-state index contributed by atoms with van der Waals surface area (Å²) >= 11 is 7.63. The molecule has 0 radical (unpaired) electrons. The van der Waals surface area contributed by atoms with Crippen LogP contribution >= 0.6 is 22.9 Å². The number of hydrogen-bond donors (Lipinski definition) is 1. The molecule has 17 heavy (non-hydrogen) atoms. The van der Waals surface area contributed by atoms with Crippen LogP contribution in [-0.4, -0.2) is 0 Å². The molecule has 0 aliphatic carbocycles. The van der Waals surface area contributed by atoms with Crippen molar-refractivity contribution in [1.82, 2.24) is 5.32 Å². The Morgan fingerprint density at radius 2 is 1.94 bits per heavy atom. The van der Waals surface area contributed by atoms with E-state index in [0.29, 0.717) is 6.04 Å². The summed E-state index contributed by atoms with van der Waals surface area (Å²) in [6.45, 7) is 5.24. The van der Waals surface area contributed by atoms with Crippen LogP contribution in [0, 0.1) is 6.92 Å². The molecule has 1 unspecified atom stereocenters. The Balaban J connectivity index is 1.95. The number of aryl methyl sites for hydroxylation is 1. The smallest absolute Gasteiger partial charge is 0.0406 e. The number of rotatable bonds is 4. The highest BCUT2D eigenvalue weighted by molar-refractivity contribution is 7.08. The normalized spacial score (nSPS) is 12.6. The fourth-order valence-electron chi connectivity index (χ4n) is 1.70. The fourth-order valence-corrected chi connectivity index (χ4v) is 2.68. The Bertz CT molecular complexity index is 475. The first kappa shape index (κ1) is 12.6. The van der Waals surface area contributed by atoms with E-state index in [4.69, 9.17) is 11.6 Å². The Hall–Kier alpha value is -0.830. The predicted molar refractivity (Wildman–Crippen MR) is 75.8 cm³/mol. The van der Waals surface area contributed by atoms with Gasteiger partial charge < -0.3 is 5.32 Å². The summed E-state index contributed by atoms with van der Waals surface area (Å²) < 4.78 is 0. The highest BCUT2D eigenvalue weighted by atomic mass is 35.5. The van der Waals surface area contributed by atoms with Gasteiger partial charge in [0.1, 0.15) is 0 Å². The van der Waals surface area contributed by atoms with Gasteiger partial charge in [0.2, 0.25) is 0 Å². The van der Waals surface area contributed by atoms with Crippen LogP contribution in [0.4, 0.5) is 0 Å². The number of nitrogens with one attached hydrogen (secondary N) is 1. The summed E-state index contributed by atoms with van der Waals surface area (Å²) in [5.41, 5.74) is 4.02. The quantitative estimate of drug-likeness (QED) is 0.855. The second-order valence-electron chi connectivity index (χ2n) is 4.23. The standard InChI is InChI=1S/C14H16ClNS/c1-10-8-17-9-13(10)7-16-11(2)12-3-5-14(15)6-4-12/h3-6,8-9,11,16H,7H2,1-2H3. The minimum Gasteiger partial charge on any atom is -0.306 e. The minimum absolute atomic E-state index is 0.339. The Morgan fingerprint density at radius 1 is 1.24 bits per heavy atom. The molecule has 1 aromatic carbocycles. The molecule has 3 heteroatoms. The lowest BCUT2D eigenvalue weighted by Gasteiger charge is -2.14. The van der Waals surface area contributed by atoms with Gasteiger partial charge in [0.05, 0.1) is 0 Å². The molecule has 0 saturated carbocycles. The molecule has 0 bridgehead atoms. The summed E-state index contributed by atoms with van der Waals surface area (Å²) in [7, 11) is 0. The average molecular weight is 266 g/mol. The third-order valence-corrected chi connectivity index (χ3v) is 4.09. The van der Waals surface area contributed by atoms with E-state index in [1.54, 1.807) is 11.3 Å². The van der Waals surface area contributed by atoms with Crippen molar-refractivity contribution in [2.24, 2.45) is 0 Å². The molecule has 0 amide bonds. The lowest BCUT2D eigenvalue weighted by atomic mass is 10.1. The van der Waals surface area contributed by atoms with Crippen LogP contribution in [0.5, 0.6) is 0 Å². The van der Waals surface area contributed by atoms with E-state index < -0.39 is 0 Å². The van der Waals surface area contributed by atoms with Crippen LogP contribution in [-0.2, 0) is 6.54 Å². The molecule has 0 aliphatic heterocycles. The third-order valence-electron chi connectivity index (χ3n) is 2.93. The van der Waals surface area contributed by atoms with Gasteiger partial charge in [-0.25, -0.2) is 0 Å². The molecular weight excluding hydrogens is 250 g/mol. The molecule has 1 nitrogen and oxygen atoms in total. The van der Waals surface area contributed by atoms with Gasteiger partial charge in [-0.3, -0.25) is 0 Å². The van der Waals surface area contributed by atoms with Crippen LogP contribution < -0.4 is 5.32 Å². The van der Waals surface area contributed by atoms with Crippen LogP contribution in [0.2, 0.25) is 5.02 Å². The van der Waals surface area contributed by atoms with Crippen molar-refractivity contribution in [2.75, 3.05) is 0 Å². The summed E-state index contributed by atoms with van der Waals surface area (Å²) in [5.74, 6) is 0. The van der Waals surface area contributed by atoms with Crippen molar-refractivity contribution in [2.45, 2.75) is 26.4 Å². The predicted octanol–water partition coefficient (Wildman–Crippen LogP) is 4.56. The van der Waals surface area contributed by atoms with E-state index in [2.05, 4.69) is 42.1 Å². The van der Waals surface area contributed by atoms with Crippen molar-refractivity contribution in [1.29, 1.82) is 0 Å². The first-order valence-corrected chi connectivity index (χ1v) is 6.99. The second kappa shape index (κ2) is 5.67. The zero-order valence-electron chi connectivity index (χ0n) is 10.0. The second-order valence-corrected chi connectivity index (χ2v) is 5.41. The van der Waals surface area contributed by atoms with Crippen molar-refractivity contribution in [3.8, 4) is 0 Å². The fraction of sp³-hybridized carbons (Fsp3) is 0.286. The van der Waals surface area contributed by atoms with Gasteiger partial charge in [-0.2, -0.15) is 11.3 Å². The van der Waals surface area contributed by atoms with E-state index in [9.17, 15) is 0 Å². The largest absolute Gasteiger partial charge is 0.306 e. The average Bonchev–Trinajstić information content (AvgIpc) is 2.73. The maximum absolute atomic E-state index is 5.88.